The normalized spacial score (nSPS) is 12.1. The number of hydrogen-bond donors (Lipinski definition) is 3. The number of nitrogens with two attached hydrogens (primary N) is 2. The van der Waals surface area contributed by atoms with E-state index in [1.54, 1.807) is 0 Å². The van der Waals surface area contributed by atoms with Crippen molar-refractivity contribution in [3.05, 3.63) is 71.8 Å². The molecule has 4 nitrogen and oxygen atoms in total. The first-order valence-corrected chi connectivity index (χ1v) is 8.05. The Kier molecular flexibility index (Phi) is 6.78. The summed E-state index contributed by atoms with van der Waals surface area (Å²) >= 11 is 0. The Morgan fingerprint density at radius 1 is 0.957 bits per heavy atom. The Morgan fingerprint density at radius 2 is 1.48 bits per heavy atom. The summed E-state index contributed by atoms with van der Waals surface area (Å²) in [6, 6.07) is 19.6. The monoisotopic (exact) mass is 311 g/mol. The second kappa shape index (κ2) is 9.08. The lowest BCUT2D eigenvalue weighted by Crippen LogP contribution is -2.39. The molecule has 0 fully saturated rings. The van der Waals surface area contributed by atoms with Gasteiger partial charge in [-0.2, -0.15) is 0 Å². The van der Waals surface area contributed by atoms with Crippen LogP contribution in [-0.2, 0) is 4.79 Å². The molecule has 0 aliphatic carbocycles. The number of rotatable bonds is 8. The summed E-state index contributed by atoms with van der Waals surface area (Å²) in [7, 11) is 0. The number of carbonyl (C=O) groups excluding carboxylic acids is 1. The number of benzene rings is 2. The van der Waals surface area contributed by atoms with Crippen LogP contribution >= 0.6 is 0 Å². The molecule has 0 aromatic heterocycles. The second-order valence-electron chi connectivity index (χ2n) is 5.69. The largest absolute Gasteiger partial charge is 0.354 e. The average molecular weight is 311 g/mol. The molecule has 1 atom stereocenters. The zero-order chi connectivity index (χ0) is 16.5. The van der Waals surface area contributed by atoms with Crippen molar-refractivity contribution in [1.82, 2.24) is 5.32 Å². The van der Waals surface area contributed by atoms with Crippen LogP contribution < -0.4 is 16.8 Å². The van der Waals surface area contributed by atoms with E-state index in [1.807, 2.05) is 60.7 Å². The molecule has 2 aromatic carbocycles. The summed E-state index contributed by atoms with van der Waals surface area (Å²) in [6.45, 7) is 1.09. The molecular weight excluding hydrogens is 286 g/mol. The molecule has 23 heavy (non-hydrogen) atoms. The highest BCUT2D eigenvalue weighted by molar-refractivity contribution is 5.87. The van der Waals surface area contributed by atoms with E-state index in [4.69, 9.17) is 11.5 Å². The molecule has 0 aliphatic heterocycles. The summed E-state index contributed by atoms with van der Waals surface area (Å²) in [5.74, 6) is -0.343. The molecule has 0 aliphatic rings. The number of amides is 1. The van der Waals surface area contributed by atoms with Crippen molar-refractivity contribution < 1.29 is 4.79 Å². The Bertz CT molecular complexity index is 547. The summed E-state index contributed by atoms with van der Waals surface area (Å²) in [5.41, 5.74) is 13.5. The number of carbonyl (C=O) groups is 1. The predicted molar refractivity (Wildman–Crippen MR) is 94.0 cm³/mol. The Labute approximate surface area is 137 Å². The summed E-state index contributed by atoms with van der Waals surface area (Å²) in [5, 5.41) is 2.98. The first-order valence-electron chi connectivity index (χ1n) is 8.05. The maximum atomic E-state index is 12.7. The minimum atomic E-state index is -0.320. The Hall–Kier alpha value is -2.17. The van der Waals surface area contributed by atoms with Crippen LogP contribution in [0.5, 0.6) is 0 Å². The molecule has 0 saturated heterocycles. The van der Waals surface area contributed by atoms with Crippen molar-refractivity contribution in [2.45, 2.75) is 24.8 Å². The smallest absolute Gasteiger partial charge is 0.232 e. The third-order valence-electron chi connectivity index (χ3n) is 3.85. The highest BCUT2D eigenvalue weighted by Gasteiger charge is 2.22. The average Bonchev–Trinajstić information content (AvgIpc) is 2.60. The van der Waals surface area contributed by atoms with Crippen molar-refractivity contribution in [2.24, 2.45) is 11.5 Å². The standard InChI is InChI=1S/C19H25N3O/c20-13-7-12-17(21)14-22-19(23)18(15-8-3-1-4-9-15)16-10-5-2-6-11-16/h1-6,8-11,17-18H,7,12-14,20-21H2,(H,22,23). The molecule has 2 aromatic rings. The van der Waals surface area contributed by atoms with Crippen LogP contribution in [0.1, 0.15) is 29.9 Å². The lowest BCUT2D eigenvalue weighted by atomic mass is 9.90. The fraction of sp³-hybridized carbons (Fsp3) is 0.316. The molecule has 0 radical (unpaired) electrons. The van der Waals surface area contributed by atoms with E-state index in [1.165, 1.54) is 0 Å². The van der Waals surface area contributed by atoms with Gasteiger partial charge in [0.2, 0.25) is 5.91 Å². The van der Waals surface area contributed by atoms with Gasteiger partial charge in [0, 0.05) is 12.6 Å². The summed E-state index contributed by atoms with van der Waals surface area (Å²) < 4.78 is 0. The first kappa shape index (κ1) is 17.2. The molecule has 1 unspecified atom stereocenters. The highest BCUT2D eigenvalue weighted by atomic mass is 16.1. The molecule has 1 amide bonds. The molecule has 0 heterocycles. The zero-order valence-electron chi connectivity index (χ0n) is 13.3. The van der Waals surface area contributed by atoms with Crippen LogP contribution in [0.25, 0.3) is 0 Å². The van der Waals surface area contributed by atoms with Crippen molar-refractivity contribution in [3.63, 3.8) is 0 Å². The fourth-order valence-electron chi connectivity index (χ4n) is 2.60. The summed E-state index contributed by atoms with van der Waals surface area (Å²) in [4.78, 5) is 12.7. The lowest BCUT2D eigenvalue weighted by Gasteiger charge is -2.19. The number of nitrogens with one attached hydrogen (secondary N) is 1. The van der Waals surface area contributed by atoms with Gasteiger partial charge in [-0.25, -0.2) is 0 Å². The fourth-order valence-corrected chi connectivity index (χ4v) is 2.60. The minimum Gasteiger partial charge on any atom is -0.354 e. The molecular formula is C19H25N3O. The number of hydrogen-bond acceptors (Lipinski definition) is 3. The topological polar surface area (TPSA) is 81.1 Å². The SMILES string of the molecule is NCCCC(N)CNC(=O)C(c1ccccc1)c1ccccc1. The van der Waals surface area contributed by atoms with Gasteiger partial charge >= 0.3 is 0 Å². The Balaban J connectivity index is 2.10. The van der Waals surface area contributed by atoms with Crippen LogP contribution in [0.2, 0.25) is 0 Å². The van der Waals surface area contributed by atoms with Gasteiger partial charge in [-0.05, 0) is 30.5 Å². The van der Waals surface area contributed by atoms with Gasteiger partial charge in [0.25, 0.3) is 0 Å². The lowest BCUT2D eigenvalue weighted by molar-refractivity contribution is -0.121. The van der Waals surface area contributed by atoms with E-state index in [9.17, 15) is 4.79 Å². The van der Waals surface area contributed by atoms with Gasteiger partial charge in [-0.1, -0.05) is 60.7 Å². The van der Waals surface area contributed by atoms with E-state index >= 15 is 0 Å². The molecule has 5 N–H and O–H groups in total. The molecule has 0 saturated carbocycles. The summed E-state index contributed by atoms with van der Waals surface area (Å²) in [6.07, 6.45) is 1.69. The van der Waals surface area contributed by atoms with Crippen molar-refractivity contribution >= 4 is 5.91 Å². The molecule has 122 valence electrons. The molecule has 4 heteroatoms. The molecule has 0 bridgehead atoms. The molecule has 0 spiro atoms. The Morgan fingerprint density at radius 3 is 1.96 bits per heavy atom. The van der Waals surface area contributed by atoms with Gasteiger partial charge in [0.05, 0.1) is 5.92 Å². The van der Waals surface area contributed by atoms with Crippen molar-refractivity contribution in [3.8, 4) is 0 Å². The van der Waals surface area contributed by atoms with Gasteiger partial charge in [0.1, 0.15) is 0 Å². The van der Waals surface area contributed by atoms with E-state index in [0.29, 0.717) is 13.1 Å². The highest BCUT2D eigenvalue weighted by Crippen LogP contribution is 2.24. The second-order valence-corrected chi connectivity index (χ2v) is 5.69. The van der Waals surface area contributed by atoms with E-state index in [2.05, 4.69) is 5.32 Å². The minimum absolute atomic E-state index is 0.0226. The zero-order valence-corrected chi connectivity index (χ0v) is 13.3. The van der Waals surface area contributed by atoms with Crippen molar-refractivity contribution in [1.29, 1.82) is 0 Å². The van der Waals surface area contributed by atoms with Gasteiger partial charge in [-0.15, -0.1) is 0 Å². The van der Waals surface area contributed by atoms with Crippen LogP contribution in [0, 0.1) is 0 Å². The first-order chi connectivity index (χ1) is 11.2. The predicted octanol–water partition coefficient (Wildman–Crippen LogP) is 2.00. The van der Waals surface area contributed by atoms with Gasteiger partial charge in [0.15, 0.2) is 0 Å². The third kappa shape index (κ3) is 5.20. The van der Waals surface area contributed by atoms with Crippen LogP contribution in [0.3, 0.4) is 0 Å². The maximum absolute atomic E-state index is 12.7. The van der Waals surface area contributed by atoms with E-state index in [0.717, 1.165) is 24.0 Å². The maximum Gasteiger partial charge on any atom is 0.232 e. The quantitative estimate of drug-likeness (QED) is 0.697. The van der Waals surface area contributed by atoms with E-state index < -0.39 is 0 Å². The van der Waals surface area contributed by atoms with Crippen molar-refractivity contribution in [2.75, 3.05) is 13.1 Å². The van der Waals surface area contributed by atoms with Gasteiger partial charge < -0.3 is 16.8 Å². The molecule has 2 rings (SSSR count). The van der Waals surface area contributed by atoms with E-state index in [-0.39, 0.29) is 17.9 Å². The van der Waals surface area contributed by atoms with Crippen LogP contribution in [0.15, 0.2) is 60.7 Å². The van der Waals surface area contributed by atoms with Crippen LogP contribution in [-0.4, -0.2) is 25.0 Å². The van der Waals surface area contributed by atoms with Gasteiger partial charge in [-0.3, -0.25) is 4.79 Å². The van der Waals surface area contributed by atoms with Crippen LogP contribution in [0.4, 0.5) is 0 Å². The third-order valence-corrected chi connectivity index (χ3v) is 3.85.